The van der Waals surface area contributed by atoms with Crippen molar-refractivity contribution in [2.24, 2.45) is 0 Å². The van der Waals surface area contributed by atoms with Crippen molar-refractivity contribution >= 4 is 136 Å². The van der Waals surface area contributed by atoms with Gasteiger partial charge in [0.15, 0.2) is 17.4 Å². The summed E-state index contributed by atoms with van der Waals surface area (Å²) < 4.78 is 0. The molecule has 0 spiro atoms. The van der Waals surface area contributed by atoms with E-state index < -0.39 is 0 Å². The fraction of sp³-hybridized carbons (Fsp3) is 0. The first-order valence-corrected chi connectivity index (χ1v) is 0. The molecular formula is H7AlCaFeKNa. The fourth-order valence-corrected chi connectivity index (χ4v) is 0. The molecule has 0 N–H and O–H groups in total. The van der Waals surface area contributed by atoms with Gasteiger partial charge in [0.1, 0.15) is 0 Å². The Morgan fingerprint density at radius 1 is 1.00 bits per heavy atom. The average Bonchev–Trinajstić information content (AvgIpc) is 0. The SMILES string of the molecule is [AlH3].[CaH2].[Fe].[KH].[NaH]. The summed E-state index contributed by atoms with van der Waals surface area (Å²) in [5.41, 5.74) is 0. The monoisotopic (exact) mass is 192 g/mol. The zero-order valence-corrected chi connectivity index (χ0v) is 1.46. The Hall–Kier alpha value is 4.95. The standard InChI is InChI=1S/Al.Ca.Fe.K.Na.7H. The summed E-state index contributed by atoms with van der Waals surface area (Å²) in [5, 5.41) is 0. The summed E-state index contributed by atoms with van der Waals surface area (Å²) in [7, 11) is 0. The van der Waals surface area contributed by atoms with Crippen molar-refractivity contribution in [3.05, 3.63) is 0 Å². The van der Waals surface area contributed by atoms with Gasteiger partial charge >= 0.3 is 119 Å². The van der Waals surface area contributed by atoms with Gasteiger partial charge < -0.3 is 0 Å². The Morgan fingerprint density at radius 2 is 1.00 bits per heavy atom. The Kier molecular flexibility index (Phi) is 150. The summed E-state index contributed by atoms with van der Waals surface area (Å²) in [6.45, 7) is 0. The van der Waals surface area contributed by atoms with Crippen molar-refractivity contribution in [1.82, 2.24) is 0 Å². The Bertz CT molecular complexity index is 11.6. The van der Waals surface area contributed by atoms with Gasteiger partial charge in [-0.1, -0.05) is 0 Å². The normalized spacial score (nSPS) is 0. The zero-order chi connectivity index (χ0) is 0. The molecule has 22 valence electrons. The van der Waals surface area contributed by atoms with Crippen LogP contribution in [0.2, 0.25) is 0 Å². The Morgan fingerprint density at radius 3 is 1.00 bits per heavy atom. The van der Waals surface area contributed by atoms with Crippen LogP contribution in [0.15, 0.2) is 0 Å². The van der Waals surface area contributed by atoms with E-state index in [9.17, 15) is 0 Å². The first-order chi connectivity index (χ1) is 0. The van der Waals surface area contributed by atoms with Gasteiger partial charge in [-0.3, -0.25) is 0 Å². The molecule has 0 aromatic carbocycles. The van der Waals surface area contributed by atoms with E-state index in [1.165, 1.54) is 0 Å². The predicted molar refractivity (Wildman–Crippen MR) is 32.8 cm³/mol. The second-order valence-electron chi connectivity index (χ2n) is 0. The van der Waals surface area contributed by atoms with Crippen LogP contribution in [0.1, 0.15) is 0 Å². The molecule has 0 unspecified atom stereocenters. The summed E-state index contributed by atoms with van der Waals surface area (Å²) in [4.78, 5) is 0. The van der Waals surface area contributed by atoms with Gasteiger partial charge in [0, 0.05) is 17.1 Å². The fourth-order valence-electron chi connectivity index (χ4n) is 0. The molecule has 0 heterocycles. The molecule has 0 bridgehead atoms. The van der Waals surface area contributed by atoms with Gasteiger partial charge in [0.25, 0.3) is 0 Å². The van der Waals surface area contributed by atoms with Crippen LogP contribution >= 0.6 is 0 Å². The quantitative estimate of drug-likeness (QED) is 0.351. The summed E-state index contributed by atoms with van der Waals surface area (Å²) in [5.74, 6) is 0. The van der Waals surface area contributed by atoms with E-state index in [2.05, 4.69) is 0 Å². The van der Waals surface area contributed by atoms with Gasteiger partial charge in [-0.2, -0.15) is 0 Å². The molecule has 0 nitrogen and oxygen atoms in total. The third-order valence-corrected chi connectivity index (χ3v) is 0. The molecule has 0 aliphatic carbocycles. The average molecular weight is 192 g/mol. The molecule has 5 heavy (non-hydrogen) atoms. The van der Waals surface area contributed by atoms with Crippen molar-refractivity contribution in [3.63, 3.8) is 0 Å². The molecule has 0 aliphatic rings. The summed E-state index contributed by atoms with van der Waals surface area (Å²) in [6.07, 6.45) is 0. The minimum atomic E-state index is 0. The van der Waals surface area contributed by atoms with Gasteiger partial charge in [0.05, 0.1) is 0 Å². The van der Waals surface area contributed by atoms with E-state index in [0.29, 0.717) is 0 Å². The van der Waals surface area contributed by atoms with Crippen molar-refractivity contribution < 1.29 is 17.1 Å². The molecule has 0 atom stereocenters. The molecule has 0 saturated carbocycles. The van der Waals surface area contributed by atoms with E-state index in [-0.39, 0.29) is 153 Å². The van der Waals surface area contributed by atoms with Crippen molar-refractivity contribution in [1.29, 1.82) is 0 Å². The summed E-state index contributed by atoms with van der Waals surface area (Å²) >= 11 is 0. The van der Waals surface area contributed by atoms with E-state index in [1.54, 1.807) is 0 Å². The third-order valence-electron chi connectivity index (χ3n) is 0. The van der Waals surface area contributed by atoms with Crippen molar-refractivity contribution in [2.45, 2.75) is 0 Å². The summed E-state index contributed by atoms with van der Waals surface area (Å²) in [6, 6.07) is 0. The van der Waals surface area contributed by atoms with E-state index >= 15 is 0 Å². The minimum absolute atomic E-state index is 0. The second-order valence-corrected chi connectivity index (χ2v) is 0. The molecule has 0 radical (unpaired) electrons. The van der Waals surface area contributed by atoms with Crippen LogP contribution in [0, 0.1) is 0 Å². The molecule has 0 aliphatic heterocycles. The maximum atomic E-state index is 0. The number of rotatable bonds is 0. The molecule has 0 saturated heterocycles. The van der Waals surface area contributed by atoms with Gasteiger partial charge in [-0.15, -0.1) is 0 Å². The molecule has 0 aromatic heterocycles. The Labute approximate surface area is 148 Å². The Balaban J connectivity index is 0. The van der Waals surface area contributed by atoms with E-state index in [1.807, 2.05) is 0 Å². The number of hydrogen-bond acceptors (Lipinski definition) is 0. The zero-order valence-electron chi connectivity index (χ0n) is 0.354. The first kappa shape index (κ1) is 32.5. The van der Waals surface area contributed by atoms with Crippen LogP contribution in [0.3, 0.4) is 0 Å². The van der Waals surface area contributed by atoms with Crippen LogP contribution in [-0.4, -0.2) is 136 Å². The van der Waals surface area contributed by atoms with Crippen LogP contribution in [0.5, 0.6) is 0 Å². The first-order valence-electron chi connectivity index (χ1n) is 0. The van der Waals surface area contributed by atoms with Crippen molar-refractivity contribution in [3.8, 4) is 0 Å². The second kappa shape index (κ2) is 23.1. The number of hydrogen-bond donors (Lipinski definition) is 0. The topological polar surface area (TPSA) is 0 Å². The van der Waals surface area contributed by atoms with Crippen LogP contribution in [0.4, 0.5) is 0 Å². The van der Waals surface area contributed by atoms with Gasteiger partial charge in [-0.25, -0.2) is 0 Å². The van der Waals surface area contributed by atoms with Crippen molar-refractivity contribution in [2.75, 3.05) is 0 Å². The van der Waals surface area contributed by atoms with Crippen LogP contribution in [0.25, 0.3) is 0 Å². The van der Waals surface area contributed by atoms with Gasteiger partial charge in [-0.05, 0) is 0 Å². The van der Waals surface area contributed by atoms with Gasteiger partial charge in [0.2, 0.25) is 0 Å². The van der Waals surface area contributed by atoms with E-state index in [0.717, 1.165) is 0 Å². The molecule has 0 aromatic rings. The molecule has 5 heteroatoms. The van der Waals surface area contributed by atoms with Crippen LogP contribution < -0.4 is 0 Å². The van der Waals surface area contributed by atoms with E-state index in [4.69, 9.17) is 0 Å². The molecule has 0 fully saturated rings. The third kappa shape index (κ3) is 17.6. The molecular weight excluding hydrogens is 185 g/mol. The molecule has 0 rings (SSSR count). The van der Waals surface area contributed by atoms with Crippen LogP contribution in [-0.2, 0) is 17.1 Å². The maximum absolute atomic E-state index is 0. The molecule has 0 amide bonds. The predicted octanol–water partition coefficient (Wildman–Crippen LogP) is -3.40.